The molecule has 0 unspecified atom stereocenters. The molecule has 0 N–H and O–H groups in total. The number of aryl methyl sites for hydroxylation is 1. The maximum Gasteiger partial charge on any atom is 0.279 e. The minimum Gasteiger partial charge on any atom is -0.383 e. The molecule has 0 saturated heterocycles. The molecule has 35 heavy (non-hydrogen) atoms. The first-order chi connectivity index (χ1) is 16.9. The molecule has 182 valence electrons. The lowest BCUT2D eigenvalue weighted by Crippen LogP contribution is -2.30. The molecule has 1 aromatic heterocycles. The third kappa shape index (κ3) is 5.07. The van der Waals surface area contributed by atoms with Crippen LogP contribution in [-0.4, -0.2) is 39.2 Å². The third-order valence-electron chi connectivity index (χ3n) is 5.64. The highest BCUT2D eigenvalue weighted by atomic mass is 32.2. The van der Waals surface area contributed by atoms with Crippen molar-refractivity contribution >= 4 is 43.2 Å². The van der Waals surface area contributed by atoms with Crippen molar-refractivity contribution in [3.63, 3.8) is 0 Å². The number of hydrogen-bond donors (Lipinski definition) is 0. The van der Waals surface area contributed by atoms with E-state index in [1.165, 1.54) is 39.9 Å². The Bertz CT molecular complexity index is 1510. The molecular formula is C26H27N3O4S2. The fourth-order valence-electron chi connectivity index (χ4n) is 3.92. The molecule has 0 aliphatic rings. The Kier molecular flexibility index (Phi) is 7.49. The number of anilines is 1. The predicted octanol–water partition coefficient (Wildman–Crippen LogP) is 4.61. The fraction of sp³-hybridized carbons (Fsp3) is 0.231. The van der Waals surface area contributed by atoms with Crippen LogP contribution in [0.25, 0.3) is 10.2 Å². The molecular weight excluding hydrogens is 482 g/mol. The summed E-state index contributed by atoms with van der Waals surface area (Å²) in [7, 11) is -2.13. The Morgan fingerprint density at radius 3 is 2.40 bits per heavy atom. The second-order valence-corrected chi connectivity index (χ2v) is 10.8. The average Bonchev–Trinajstić information content (AvgIpc) is 3.21. The van der Waals surface area contributed by atoms with E-state index in [0.29, 0.717) is 29.2 Å². The van der Waals surface area contributed by atoms with Crippen LogP contribution in [0.4, 0.5) is 5.69 Å². The molecule has 4 aromatic rings. The number of thiazole rings is 1. The fourth-order valence-corrected chi connectivity index (χ4v) is 6.52. The maximum absolute atomic E-state index is 13.2. The summed E-state index contributed by atoms with van der Waals surface area (Å²) in [6.45, 7) is 5.15. The van der Waals surface area contributed by atoms with Gasteiger partial charge >= 0.3 is 0 Å². The number of ether oxygens (including phenoxy) is 1. The summed E-state index contributed by atoms with van der Waals surface area (Å²) in [6, 6.07) is 20.9. The second kappa shape index (κ2) is 10.6. The number of rotatable bonds is 8. The van der Waals surface area contributed by atoms with E-state index >= 15 is 0 Å². The van der Waals surface area contributed by atoms with Gasteiger partial charge in [0, 0.05) is 25.8 Å². The van der Waals surface area contributed by atoms with Crippen molar-refractivity contribution in [1.29, 1.82) is 0 Å². The number of para-hydroxylation sites is 2. The van der Waals surface area contributed by atoms with Gasteiger partial charge in [-0.25, -0.2) is 8.42 Å². The minimum atomic E-state index is -3.77. The van der Waals surface area contributed by atoms with Gasteiger partial charge in [-0.1, -0.05) is 41.7 Å². The van der Waals surface area contributed by atoms with E-state index < -0.39 is 15.9 Å². The number of benzene rings is 3. The van der Waals surface area contributed by atoms with Gasteiger partial charge in [-0.2, -0.15) is 4.99 Å². The molecule has 0 spiro atoms. The highest BCUT2D eigenvalue weighted by molar-refractivity contribution is 7.92. The molecule has 0 radical (unpaired) electrons. The van der Waals surface area contributed by atoms with Gasteiger partial charge in [0.25, 0.3) is 15.9 Å². The number of amides is 1. The normalized spacial score (nSPS) is 12.3. The van der Waals surface area contributed by atoms with Crippen molar-refractivity contribution in [2.45, 2.75) is 25.3 Å². The summed E-state index contributed by atoms with van der Waals surface area (Å²) in [4.78, 5) is 18.1. The number of carbonyl (C=O) groups excluding carboxylic acids is 1. The molecule has 3 aromatic carbocycles. The van der Waals surface area contributed by atoms with Gasteiger partial charge in [0.2, 0.25) is 0 Å². The molecule has 0 bridgehead atoms. The Labute approximate surface area is 209 Å². The van der Waals surface area contributed by atoms with Gasteiger partial charge in [0.1, 0.15) is 0 Å². The van der Waals surface area contributed by atoms with E-state index in [1.54, 1.807) is 38.3 Å². The zero-order valence-electron chi connectivity index (χ0n) is 19.8. The van der Waals surface area contributed by atoms with Crippen LogP contribution >= 0.6 is 11.3 Å². The van der Waals surface area contributed by atoms with E-state index in [-0.39, 0.29) is 11.4 Å². The number of nitrogens with zero attached hydrogens (tertiary/aromatic N) is 3. The van der Waals surface area contributed by atoms with Gasteiger partial charge in [-0.3, -0.25) is 9.10 Å². The quantitative estimate of drug-likeness (QED) is 0.347. The smallest absolute Gasteiger partial charge is 0.279 e. The first-order valence-electron chi connectivity index (χ1n) is 11.2. The molecule has 4 rings (SSSR count). The van der Waals surface area contributed by atoms with Crippen LogP contribution in [0.5, 0.6) is 0 Å². The molecule has 1 amide bonds. The predicted molar refractivity (Wildman–Crippen MR) is 139 cm³/mol. The Morgan fingerprint density at radius 2 is 1.74 bits per heavy atom. The molecule has 9 heteroatoms. The van der Waals surface area contributed by atoms with Gasteiger partial charge in [-0.05, 0) is 61.9 Å². The van der Waals surface area contributed by atoms with Gasteiger partial charge in [0.15, 0.2) is 4.80 Å². The van der Waals surface area contributed by atoms with E-state index in [2.05, 4.69) is 4.99 Å². The van der Waals surface area contributed by atoms with Gasteiger partial charge in [-0.15, -0.1) is 0 Å². The van der Waals surface area contributed by atoms with E-state index in [1.807, 2.05) is 35.8 Å². The summed E-state index contributed by atoms with van der Waals surface area (Å²) >= 11 is 1.44. The monoisotopic (exact) mass is 509 g/mol. The summed E-state index contributed by atoms with van der Waals surface area (Å²) < 4.78 is 36.1. The Morgan fingerprint density at radius 1 is 1.03 bits per heavy atom. The number of fused-ring (bicyclic) bond motifs is 1. The first kappa shape index (κ1) is 24.8. The lowest BCUT2D eigenvalue weighted by atomic mass is 10.2. The van der Waals surface area contributed by atoms with Crippen molar-refractivity contribution < 1.29 is 17.9 Å². The molecule has 0 saturated carbocycles. The van der Waals surface area contributed by atoms with Crippen molar-refractivity contribution in [3.05, 3.63) is 88.7 Å². The van der Waals surface area contributed by atoms with Crippen molar-refractivity contribution in [3.8, 4) is 0 Å². The number of sulfonamides is 1. The van der Waals surface area contributed by atoms with Crippen LogP contribution in [0.2, 0.25) is 0 Å². The lowest BCUT2D eigenvalue weighted by molar-refractivity contribution is 0.0997. The summed E-state index contributed by atoms with van der Waals surface area (Å²) in [5.41, 5.74) is 3.03. The zero-order chi connectivity index (χ0) is 25.0. The summed E-state index contributed by atoms with van der Waals surface area (Å²) in [6.07, 6.45) is 0. The van der Waals surface area contributed by atoms with Crippen LogP contribution in [0, 0.1) is 6.92 Å². The van der Waals surface area contributed by atoms with E-state index in [9.17, 15) is 13.2 Å². The van der Waals surface area contributed by atoms with E-state index in [0.717, 1.165) is 15.8 Å². The number of hydrogen-bond acceptors (Lipinski definition) is 5. The van der Waals surface area contributed by atoms with Crippen LogP contribution < -0.4 is 9.11 Å². The molecule has 0 aliphatic heterocycles. The molecule has 7 nitrogen and oxygen atoms in total. The third-order valence-corrected chi connectivity index (χ3v) is 8.60. The minimum absolute atomic E-state index is 0.118. The van der Waals surface area contributed by atoms with Crippen molar-refractivity contribution in [1.82, 2.24) is 4.57 Å². The van der Waals surface area contributed by atoms with Gasteiger partial charge in [0.05, 0.1) is 27.4 Å². The number of methoxy groups -OCH3 is 1. The largest absolute Gasteiger partial charge is 0.383 e. The molecule has 0 atom stereocenters. The lowest BCUT2D eigenvalue weighted by Gasteiger charge is -2.22. The van der Waals surface area contributed by atoms with Gasteiger partial charge < -0.3 is 9.30 Å². The topological polar surface area (TPSA) is 81.0 Å². The molecule has 0 aliphatic carbocycles. The zero-order valence-corrected chi connectivity index (χ0v) is 21.5. The maximum atomic E-state index is 13.2. The summed E-state index contributed by atoms with van der Waals surface area (Å²) in [5.74, 6) is -0.431. The highest BCUT2D eigenvalue weighted by Crippen LogP contribution is 2.24. The molecule has 1 heterocycles. The average molecular weight is 510 g/mol. The molecule has 0 fully saturated rings. The van der Waals surface area contributed by atoms with Crippen LogP contribution in [-0.2, 0) is 21.3 Å². The highest BCUT2D eigenvalue weighted by Gasteiger charge is 2.23. The number of aromatic nitrogens is 1. The Hall–Kier alpha value is -3.27. The van der Waals surface area contributed by atoms with Crippen LogP contribution in [0.1, 0.15) is 22.8 Å². The SMILES string of the molecule is CCN(c1ccccc1)S(=O)(=O)c1ccc(C(=O)N=c2sc3cccc(C)c3n2CCOC)cc1. The van der Waals surface area contributed by atoms with Crippen LogP contribution in [0.3, 0.4) is 0 Å². The van der Waals surface area contributed by atoms with Crippen LogP contribution in [0.15, 0.2) is 82.7 Å². The first-order valence-corrected chi connectivity index (χ1v) is 13.5. The second-order valence-electron chi connectivity index (χ2n) is 7.90. The summed E-state index contributed by atoms with van der Waals surface area (Å²) in [5, 5.41) is 0. The van der Waals surface area contributed by atoms with E-state index in [4.69, 9.17) is 4.74 Å². The standard InChI is InChI=1S/C26H27N3O4S2/c1-4-29(21-10-6-5-7-11-21)35(31,32)22-15-13-20(14-16-22)25(30)27-26-28(17-18-33-3)24-19(2)9-8-12-23(24)34-26/h5-16H,4,17-18H2,1-3H3. The van der Waals surface area contributed by atoms with Crippen molar-refractivity contribution in [2.24, 2.45) is 4.99 Å². The Balaban J connectivity index is 1.67. The number of carbonyl (C=O) groups is 1. The van der Waals surface area contributed by atoms with Crippen molar-refractivity contribution in [2.75, 3.05) is 24.6 Å².